The number of aromatic amines is 1. The lowest BCUT2D eigenvalue weighted by molar-refractivity contribution is 0.547. The van der Waals surface area contributed by atoms with E-state index in [4.69, 9.17) is 0 Å². The standard InChI is InChI=1S/C15H19N5O/c1-10-7-5-6-8-11(10)9-16-19-14-17-13(21)12(18-20-14)15(2,3)4/h5-9H,1-4H3,(H2,17,19,20,21)/b16-9+. The molecule has 0 fully saturated rings. The van der Waals surface area contributed by atoms with Crippen molar-refractivity contribution in [2.45, 2.75) is 33.1 Å². The van der Waals surface area contributed by atoms with Gasteiger partial charge < -0.3 is 0 Å². The molecule has 1 heterocycles. The zero-order valence-corrected chi connectivity index (χ0v) is 12.6. The minimum absolute atomic E-state index is 0.220. The van der Waals surface area contributed by atoms with E-state index in [1.54, 1.807) is 6.21 Å². The minimum atomic E-state index is -0.344. The van der Waals surface area contributed by atoms with Crippen LogP contribution in [0, 0.1) is 6.92 Å². The van der Waals surface area contributed by atoms with Crippen LogP contribution in [0.25, 0.3) is 0 Å². The van der Waals surface area contributed by atoms with Crippen LogP contribution in [0.2, 0.25) is 0 Å². The van der Waals surface area contributed by atoms with Crippen molar-refractivity contribution < 1.29 is 0 Å². The van der Waals surface area contributed by atoms with Crippen molar-refractivity contribution in [2.75, 3.05) is 5.43 Å². The third kappa shape index (κ3) is 3.75. The maximum absolute atomic E-state index is 11.9. The molecule has 2 rings (SSSR count). The fourth-order valence-electron chi connectivity index (χ4n) is 1.77. The van der Waals surface area contributed by atoms with Gasteiger partial charge in [0.1, 0.15) is 5.69 Å². The molecule has 6 heteroatoms. The molecule has 0 bridgehead atoms. The maximum atomic E-state index is 11.9. The van der Waals surface area contributed by atoms with Gasteiger partial charge in [0.15, 0.2) is 0 Å². The van der Waals surface area contributed by atoms with Gasteiger partial charge in [-0.05, 0) is 18.1 Å². The van der Waals surface area contributed by atoms with E-state index in [1.165, 1.54) is 0 Å². The topological polar surface area (TPSA) is 83.0 Å². The van der Waals surface area contributed by atoms with E-state index in [0.29, 0.717) is 5.69 Å². The predicted molar refractivity (Wildman–Crippen MR) is 83.7 cm³/mol. The number of hydrazone groups is 1. The monoisotopic (exact) mass is 285 g/mol. The summed E-state index contributed by atoms with van der Waals surface area (Å²) >= 11 is 0. The summed E-state index contributed by atoms with van der Waals surface area (Å²) in [5, 5.41) is 11.9. The Labute approximate surface area is 123 Å². The smallest absolute Gasteiger partial charge is 0.274 e. The van der Waals surface area contributed by atoms with E-state index >= 15 is 0 Å². The molecule has 6 nitrogen and oxygen atoms in total. The van der Waals surface area contributed by atoms with Crippen LogP contribution in [0.4, 0.5) is 5.95 Å². The molecular formula is C15H19N5O. The van der Waals surface area contributed by atoms with Crippen LogP contribution >= 0.6 is 0 Å². The summed E-state index contributed by atoms with van der Waals surface area (Å²) in [5.74, 6) is 0.220. The summed E-state index contributed by atoms with van der Waals surface area (Å²) in [6, 6.07) is 7.86. The zero-order valence-electron chi connectivity index (χ0n) is 12.6. The Hall–Kier alpha value is -2.50. The highest BCUT2D eigenvalue weighted by molar-refractivity contribution is 5.81. The Morgan fingerprint density at radius 2 is 1.95 bits per heavy atom. The Morgan fingerprint density at radius 3 is 2.57 bits per heavy atom. The number of hydrogen-bond donors (Lipinski definition) is 2. The van der Waals surface area contributed by atoms with E-state index in [1.807, 2.05) is 52.0 Å². The van der Waals surface area contributed by atoms with Crippen LogP contribution < -0.4 is 11.0 Å². The molecule has 110 valence electrons. The number of rotatable bonds is 3. The number of aromatic nitrogens is 3. The van der Waals surface area contributed by atoms with Crippen LogP contribution in [0.5, 0.6) is 0 Å². The van der Waals surface area contributed by atoms with Gasteiger partial charge in [0.2, 0.25) is 5.95 Å². The molecule has 0 aliphatic heterocycles. The van der Waals surface area contributed by atoms with E-state index < -0.39 is 0 Å². The van der Waals surface area contributed by atoms with Crippen molar-refractivity contribution in [1.29, 1.82) is 0 Å². The number of nitrogens with zero attached hydrogens (tertiary/aromatic N) is 3. The number of aryl methyl sites for hydroxylation is 1. The lowest BCUT2D eigenvalue weighted by atomic mass is 9.93. The highest BCUT2D eigenvalue weighted by Gasteiger charge is 2.20. The summed E-state index contributed by atoms with van der Waals surface area (Å²) in [6.45, 7) is 7.74. The van der Waals surface area contributed by atoms with Gasteiger partial charge in [-0.3, -0.25) is 9.78 Å². The Bertz CT molecular complexity index is 712. The Kier molecular flexibility index (Phi) is 4.16. The number of anilines is 1. The molecular weight excluding hydrogens is 266 g/mol. The van der Waals surface area contributed by atoms with Gasteiger partial charge in [0, 0.05) is 5.41 Å². The predicted octanol–water partition coefficient (Wildman–Crippen LogP) is 2.22. The first-order valence-corrected chi connectivity index (χ1v) is 6.70. The Balaban J connectivity index is 2.13. The first-order valence-electron chi connectivity index (χ1n) is 6.70. The molecule has 2 N–H and O–H groups in total. The molecule has 0 radical (unpaired) electrons. The lowest BCUT2D eigenvalue weighted by Gasteiger charge is -2.15. The number of H-pyrrole nitrogens is 1. The van der Waals surface area contributed by atoms with Crippen LogP contribution in [0.1, 0.15) is 37.6 Å². The second kappa shape index (κ2) is 5.87. The average molecular weight is 285 g/mol. The highest BCUT2D eigenvalue weighted by atomic mass is 16.1. The molecule has 0 aliphatic carbocycles. The quantitative estimate of drug-likeness (QED) is 0.669. The van der Waals surface area contributed by atoms with Gasteiger partial charge in [-0.15, -0.1) is 10.2 Å². The van der Waals surface area contributed by atoms with Crippen LogP contribution in [0.15, 0.2) is 34.2 Å². The second-order valence-electron chi connectivity index (χ2n) is 5.83. The third-order valence-electron chi connectivity index (χ3n) is 2.97. The molecule has 2 aromatic rings. The molecule has 0 amide bonds. The molecule has 0 saturated carbocycles. The van der Waals surface area contributed by atoms with E-state index in [0.717, 1.165) is 11.1 Å². The Morgan fingerprint density at radius 1 is 1.24 bits per heavy atom. The van der Waals surface area contributed by atoms with Crippen LogP contribution in [-0.4, -0.2) is 21.4 Å². The summed E-state index contributed by atoms with van der Waals surface area (Å²) in [4.78, 5) is 14.6. The van der Waals surface area contributed by atoms with Gasteiger partial charge in [0.05, 0.1) is 6.21 Å². The van der Waals surface area contributed by atoms with E-state index in [2.05, 4.69) is 25.7 Å². The maximum Gasteiger partial charge on any atom is 0.274 e. The van der Waals surface area contributed by atoms with Crippen molar-refractivity contribution in [3.63, 3.8) is 0 Å². The van der Waals surface area contributed by atoms with Crippen molar-refractivity contribution in [2.24, 2.45) is 5.10 Å². The SMILES string of the molecule is Cc1ccccc1/C=N/Nc1nnc(C(C)(C)C)c(=O)[nH]1. The van der Waals surface area contributed by atoms with Crippen molar-refractivity contribution in [3.05, 3.63) is 51.4 Å². The third-order valence-corrected chi connectivity index (χ3v) is 2.97. The summed E-state index contributed by atoms with van der Waals surface area (Å²) in [5.41, 5.74) is 4.59. The van der Waals surface area contributed by atoms with E-state index in [9.17, 15) is 4.79 Å². The number of benzene rings is 1. The van der Waals surface area contributed by atoms with Crippen LogP contribution in [-0.2, 0) is 5.41 Å². The summed E-state index contributed by atoms with van der Waals surface area (Å²) in [6.07, 6.45) is 1.67. The number of nitrogens with one attached hydrogen (secondary N) is 2. The first kappa shape index (κ1) is 14.9. The molecule has 0 unspecified atom stereocenters. The normalized spacial score (nSPS) is 11.8. The number of hydrogen-bond acceptors (Lipinski definition) is 5. The first-order chi connectivity index (χ1) is 9.88. The van der Waals surface area contributed by atoms with Gasteiger partial charge in [-0.2, -0.15) is 5.10 Å². The lowest BCUT2D eigenvalue weighted by Crippen LogP contribution is -2.28. The summed E-state index contributed by atoms with van der Waals surface area (Å²) < 4.78 is 0. The highest BCUT2D eigenvalue weighted by Crippen LogP contribution is 2.15. The minimum Gasteiger partial charge on any atom is -0.288 e. The fraction of sp³-hybridized carbons (Fsp3) is 0.333. The molecule has 1 aromatic carbocycles. The zero-order chi connectivity index (χ0) is 15.5. The van der Waals surface area contributed by atoms with Crippen molar-refractivity contribution in [3.8, 4) is 0 Å². The second-order valence-corrected chi connectivity index (χ2v) is 5.83. The fourth-order valence-corrected chi connectivity index (χ4v) is 1.77. The average Bonchev–Trinajstić information content (AvgIpc) is 2.39. The van der Waals surface area contributed by atoms with Crippen LogP contribution in [0.3, 0.4) is 0 Å². The largest absolute Gasteiger partial charge is 0.288 e. The molecule has 0 saturated heterocycles. The molecule has 0 atom stereocenters. The van der Waals surface area contributed by atoms with Gasteiger partial charge >= 0.3 is 0 Å². The molecule has 1 aromatic heterocycles. The molecule has 0 spiro atoms. The molecule has 21 heavy (non-hydrogen) atoms. The van der Waals surface area contributed by atoms with Gasteiger partial charge in [-0.1, -0.05) is 45.0 Å². The van der Waals surface area contributed by atoms with Crippen molar-refractivity contribution in [1.82, 2.24) is 15.2 Å². The van der Waals surface area contributed by atoms with Crippen molar-refractivity contribution >= 4 is 12.2 Å². The summed E-state index contributed by atoms with van der Waals surface area (Å²) in [7, 11) is 0. The van der Waals surface area contributed by atoms with Gasteiger partial charge in [0.25, 0.3) is 5.56 Å². The van der Waals surface area contributed by atoms with Gasteiger partial charge in [-0.25, -0.2) is 5.43 Å². The van der Waals surface area contributed by atoms with E-state index in [-0.39, 0.29) is 16.9 Å². The molecule has 0 aliphatic rings.